The fourth-order valence-corrected chi connectivity index (χ4v) is 3.85. The van der Waals surface area contributed by atoms with E-state index in [1.165, 1.54) is 32.1 Å². The normalized spacial score (nSPS) is 21.8. The van der Waals surface area contributed by atoms with Crippen molar-refractivity contribution >= 4 is 12.4 Å². The summed E-state index contributed by atoms with van der Waals surface area (Å²) in [5, 5.41) is 11.3. The highest BCUT2D eigenvalue weighted by Crippen LogP contribution is 2.40. The zero-order valence-electron chi connectivity index (χ0n) is 13.8. The molecule has 0 amide bonds. The number of rotatable bonds is 3. The Morgan fingerprint density at radius 2 is 1.65 bits per heavy atom. The van der Waals surface area contributed by atoms with Gasteiger partial charge < -0.3 is 5.11 Å². The second-order valence-electron chi connectivity index (χ2n) is 6.75. The van der Waals surface area contributed by atoms with Crippen LogP contribution in [0.15, 0.2) is 30.3 Å². The van der Waals surface area contributed by atoms with Crippen molar-refractivity contribution in [1.82, 2.24) is 4.90 Å². The van der Waals surface area contributed by atoms with E-state index in [0.29, 0.717) is 0 Å². The summed E-state index contributed by atoms with van der Waals surface area (Å²) in [6.45, 7) is 3.10. The molecular formula is C20H28ClNO. The molecule has 1 aliphatic carbocycles. The number of piperidine rings is 1. The van der Waals surface area contributed by atoms with Crippen LogP contribution in [0.4, 0.5) is 0 Å². The summed E-state index contributed by atoms with van der Waals surface area (Å²) in [5.41, 5.74) is 0.00105. The lowest BCUT2D eigenvalue weighted by molar-refractivity contribution is 0.0367. The van der Waals surface area contributed by atoms with Gasteiger partial charge in [-0.05, 0) is 44.3 Å². The van der Waals surface area contributed by atoms with Crippen LogP contribution in [-0.4, -0.2) is 29.6 Å². The zero-order chi connectivity index (χ0) is 15.3. The van der Waals surface area contributed by atoms with Crippen LogP contribution < -0.4 is 0 Å². The van der Waals surface area contributed by atoms with E-state index in [1.54, 1.807) is 0 Å². The first kappa shape index (κ1) is 18.3. The Labute approximate surface area is 146 Å². The van der Waals surface area contributed by atoms with Gasteiger partial charge >= 0.3 is 0 Å². The molecule has 2 aliphatic rings. The Bertz CT molecular complexity index is 524. The Morgan fingerprint density at radius 3 is 2.30 bits per heavy atom. The monoisotopic (exact) mass is 333 g/mol. The van der Waals surface area contributed by atoms with Crippen molar-refractivity contribution in [2.75, 3.05) is 19.6 Å². The van der Waals surface area contributed by atoms with Gasteiger partial charge in [-0.3, -0.25) is 4.90 Å². The third kappa shape index (κ3) is 4.51. The molecule has 23 heavy (non-hydrogen) atoms. The highest BCUT2D eigenvalue weighted by atomic mass is 35.5. The van der Waals surface area contributed by atoms with Gasteiger partial charge in [0.05, 0.1) is 6.54 Å². The van der Waals surface area contributed by atoms with Gasteiger partial charge in [-0.25, -0.2) is 0 Å². The summed E-state index contributed by atoms with van der Waals surface area (Å²) in [6, 6.07) is 10.0. The molecule has 2 fully saturated rings. The maximum atomic E-state index is 11.3. The molecule has 126 valence electrons. The van der Waals surface area contributed by atoms with Crippen molar-refractivity contribution in [2.24, 2.45) is 5.92 Å². The van der Waals surface area contributed by atoms with Crippen molar-refractivity contribution in [1.29, 1.82) is 0 Å². The summed E-state index contributed by atoms with van der Waals surface area (Å²) < 4.78 is 0. The summed E-state index contributed by atoms with van der Waals surface area (Å²) in [4.78, 5) is 2.41. The predicted octanol–water partition coefficient (Wildman–Crippen LogP) is 3.98. The van der Waals surface area contributed by atoms with E-state index in [0.717, 1.165) is 38.0 Å². The topological polar surface area (TPSA) is 23.5 Å². The Morgan fingerprint density at radius 1 is 1.00 bits per heavy atom. The summed E-state index contributed by atoms with van der Waals surface area (Å²) in [5.74, 6) is 6.84. The number of benzene rings is 1. The Kier molecular flexibility index (Phi) is 6.96. The van der Waals surface area contributed by atoms with Gasteiger partial charge in [-0.2, -0.15) is 0 Å². The van der Waals surface area contributed by atoms with Gasteiger partial charge in [-0.15, -0.1) is 12.4 Å². The quantitative estimate of drug-likeness (QED) is 0.846. The minimum Gasteiger partial charge on any atom is -0.373 e. The Balaban J connectivity index is 0.00000192. The molecule has 1 heterocycles. The number of nitrogens with zero attached hydrogens (tertiary/aromatic N) is 1. The average molecular weight is 334 g/mol. The lowest BCUT2D eigenvalue weighted by Gasteiger charge is -2.30. The van der Waals surface area contributed by atoms with Crippen molar-refractivity contribution in [3.05, 3.63) is 35.9 Å². The lowest BCUT2D eigenvalue weighted by Crippen LogP contribution is -2.33. The molecule has 0 aromatic heterocycles. The first-order valence-corrected chi connectivity index (χ1v) is 8.79. The zero-order valence-corrected chi connectivity index (χ0v) is 14.7. The maximum Gasteiger partial charge on any atom is 0.153 e. The largest absolute Gasteiger partial charge is 0.373 e. The smallest absolute Gasteiger partial charge is 0.153 e. The van der Waals surface area contributed by atoms with E-state index >= 15 is 0 Å². The summed E-state index contributed by atoms with van der Waals surface area (Å²) >= 11 is 0. The van der Waals surface area contributed by atoms with Crippen molar-refractivity contribution < 1.29 is 5.11 Å². The van der Waals surface area contributed by atoms with Crippen LogP contribution in [0.1, 0.15) is 50.5 Å². The molecule has 2 nitrogen and oxygen atoms in total. The lowest BCUT2D eigenvalue weighted by atomic mass is 9.80. The molecule has 1 aromatic rings. The third-order valence-electron chi connectivity index (χ3n) is 5.19. The molecule has 1 atom stereocenters. The van der Waals surface area contributed by atoms with Gasteiger partial charge in [0.1, 0.15) is 0 Å². The molecule has 1 aromatic carbocycles. The maximum absolute atomic E-state index is 11.3. The van der Waals surface area contributed by atoms with E-state index in [9.17, 15) is 5.11 Å². The van der Waals surface area contributed by atoms with Gasteiger partial charge in [0.25, 0.3) is 0 Å². The van der Waals surface area contributed by atoms with Crippen LogP contribution in [0.25, 0.3) is 0 Å². The number of likely N-dealkylation sites (tertiary alicyclic amines) is 1. The molecule has 0 spiro atoms. The van der Waals surface area contributed by atoms with Gasteiger partial charge in [0.15, 0.2) is 5.60 Å². The molecule has 1 N–H and O–H groups in total. The van der Waals surface area contributed by atoms with Crippen LogP contribution in [0.5, 0.6) is 0 Å². The molecule has 1 aliphatic heterocycles. The highest BCUT2D eigenvalue weighted by molar-refractivity contribution is 5.85. The molecular weight excluding hydrogens is 306 g/mol. The number of hydrogen-bond donors (Lipinski definition) is 1. The number of aliphatic hydroxyl groups is 1. The van der Waals surface area contributed by atoms with Crippen molar-refractivity contribution in [2.45, 2.75) is 50.5 Å². The SMILES string of the molecule is Cl.OC(C#CCN1CCCCC1)(c1ccccc1)C1CCCC1. The Hall–Kier alpha value is -1.01. The van der Waals surface area contributed by atoms with E-state index in [1.807, 2.05) is 30.3 Å². The minimum atomic E-state index is -0.965. The summed E-state index contributed by atoms with van der Waals surface area (Å²) in [6.07, 6.45) is 8.52. The summed E-state index contributed by atoms with van der Waals surface area (Å²) in [7, 11) is 0. The second-order valence-corrected chi connectivity index (χ2v) is 6.75. The molecule has 3 rings (SSSR count). The van der Waals surface area contributed by atoms with Crippen LogP contribution >= 0.6 is 12.4 Å². The molecule has 1 saturated carbocycles. The number of halogens is 1. The van der Waals surface area contributed by atoms with Gasteiger partial charge in [-0.1, -0.05) is 61.4 Å². The second kappa shape index (κ2) is 8.73. The van der Waals surface area contributed by atoms with E-state index in [2.05, 4.69) is 16.7 Å². The molecule has 0 bridgehead atoms. The average Bonchev–Trinajstić information content (AvgIpc) is 3.12. The molecule has 1 unspecified atom stereocenters. The van der Waals surface area contributed by atoms with Gasteiger partial charge in [0.2, 0.25) is 0 Å². The first-order valence-electron chi connectivity index (χ1n) is 8.79. The van der Waals surface area contributed by atoms with E-state index in [4.69, 9.17) is 0 Å². The highest BCUT2D eigenvalue weighted by Gasteiger charge is 2.38. The fourth-order valence-electron chi connectivity index (χ4n) is 3.85. The van der Waals surface area contributed by atoms with Crippen LogP contribution in [0.2, 0.25) is 0 Å². The first-order chi connectivity index (χ1) is 10.8. The van der Waals surface area contributed by atoms with Crippen molar-refractivity contribution in [3.63, 3.8) is 0 Å². The predicted molar refractivity (Wildman–Crippen MR) is 97.6 cm³/mol. The molecule has 3 heteroatoms. The van der Waals surface area contributed by atoms with Crippen LogP contribution in [-0.2, 0) is 5.60 Å². The van der Waals surface area contributed by atoms with Crippen LogP contribution in [0.3, 0.4) is 0 Å². The van der Waals surface area contributed by atoms with E-state index < -0.39 is 5.60 Å². The minimum absolute atomic E-state index is 0. The van der Waals surface area contributed by atoms with E-state index in [-0.39, 0.29) is 18.3 Å². The molecule has 0 radical (unpaired) electrons. The third-order valence-corrected chi connectivity index (χ3v) is 5.19. The van der Waals surface area contributed by atoms with Gasteiger partial charge in [0, 0.05) is 5.92 Å². The van der Waals surface area contributed by atoms with Crippen molar-refractivity contribution in [3.8, 4) is 11.8 Å². The van der Waals surface area contributed by atoms with Crippen LogP contribution in [0, 0.1) is 17.8 Å². The number of hydrogen-bond acceptors (Lipinski definition) is 2. The fraction of sp³-hybridized carbons (Fsp3) is 0.600. The molecule has 1 saturated heterocycles. The standard InChI is InChI=1S/C20H27NO.ClH/c22-20(19-12-5-6-13-19,18-10-3-1-4-11-18)14-9-17-21-15-7-2-8-16-21;/h1,3-4,10-11,19,22H,2,5-8,12-13,15-17H2;1H.